The molecule has 0 aliphatic carbocycles. The molecule has 0 fully saturated rings. The van der Waals surface area contributed by atoms with Gasteiger partial charge in [-0.2, -0.15) is 17.7 Å². The molecule has 2 aromatic heterocycles. The van der Waals surface area contributed by atoms with Crippen molar-refractivity contribution in [2.45, 2.75) is 32.4 Å². The molecule has 0 saturated carbocycles. The molecule has 8 heteroatoms. The number of aryl methyl sites for hydroxylation is 1. The van der Waals surface area contributed by atoms with Crippen LogP contribution < -0.4 is 0 Å². The van der Waals surface area contributed by atoms with E-state index in [0.29, 0.717) is 23.0 Å². The van der Waals surface area contributed by atoms with Gasteiger partial charge >= 0.3 is 6.18 Å². The second-order valence-corrected chi connectivity index (χ2v) is 7.15. The second kappa shape index (κ2) is 7.44. The van der Waals surface area contributed by atoms with Crippen molar-refractivity contribution in [2.24, 2.45) is 0 Å². The van der Waals surface area contributed by atoms with Gasteiger partial charge in [-0.05, 0) is 36.2 Å². The standard InChI is InChI=1S/C22H18F3N3O2/c1-13(17-4-3-5-18(11-17)22(23,24)25)19(29)10-15-6-8-16(9-7-15)21-27-28-14(2)26-12-20(28)30-21/h3-9,11-13H,10H2,1-2H3. The van der Waals surface area contributed by atoms with Crippen LogP contribution in [-0.2, 0) is 17.4 Å². The number of benzene rings is 2. The molecule has 0 bridgehead atoms. The van der Waals surface area contributed by atoms with E-state index in [0.717, 1.165) is 23.3 Å². The van der Waals surface area contributed by atoms with Gasteiger partial charge in [-0.1, -0.05) is 37.3 Å². The van der Waals surface area contributed by atoms with E-state index in [1.54, 1.807) is 48.0 Å². The maximum Gasteiger partial charge on any atom is 0.416 e. The Morgan fingerprint density at radius 1 is 1.17 bits per heavy atom. The Labute approximate surface area is 170 Å². The van der Waals surface area contributed by atoms with E-state index in [-0.39, 0.29) is 12.2 Å². The highest BCUT2D eigenvalue weighted by Crippen LogP contribution is 2.31. The molecule has 4 rings (SSSR count). The molecule has 2 aromatic carbocycles. The number of Topliss-reactive ketones (excluding diaryl/α,β-unsaturated/α-hetero) is 1. The number of imidazole rings is 1. The van der Waals surface area contributed by atoms with Crippen LogP contribution in [0.1, 0.15) is 35.4 Å². The van der Waals surface area contributed by atoms with Crippen molar-refractivity contribution < 1.29 is 22.4 Å². The monoisotopic (exact) mass is 413 g/mol. The first-order chi connectivity index (χ1) is 14.2. The van der Waals surface area contributed by atoms with Gasteiger partial charge < -0.3 is 4.42 Å². The number of fused-ring (bicyclic) bond motifs is 1. The number of nitrogens with zero attached hydrogens (tertiary/aromatic N) is 3. The molecule has 0 spiro atoms. The fourth-order valence-corrected chi connectivity index (χ4v) is 3.23. The molecule has 1 unspecified atom stereocenters. The van der Waals surface area contributed by atoms with Gasteiger partial charge in [-0.25, -0.2) is 4.98 Å². The predicted molar refractivity (Wildman–Crippen MR) is 104 cm³/mol. The number of hydrogen-bond acceptors (Lipinski definition) is 4. The fourth-order valence-electron chi connectivity index (χ4n) is 3.23. The van der Waals surface area contributed by atoms with Gasteiger partial charge in [-0.15, -0.1) is 5.10 Å². The number of carbonyl (C=O) groups is 1. The average molecular weight is 413 g/mol. The summed E-state index contributed by atoms with van der Waals surface area (Å²) in [6, 6.07) is 12.1. The molecule has 5 nitrogen and oxygen atoms in total. The topological polar surface area (TPSA) is 60.4 Å². The van der Waals surface area contributed by atoms with Crippen LogP contribution in [0.2, 0.25) is 0 Å². The van der Waals surface area contributed by atoms with Crippen LogP contribution in [0.25, 0.3) is 17.2 Å². The van der Waals surface area contributed by atoms with Gasteiger partial charge in [0.1, 0.15) is 11.6 Å². The second-order valence-electron chi connectivity index (χ2n) is 7.15. The first kappa shape index (κ1) is 19.9. The minimum absolute atomic E-state index is 0.119. The molecule has 0 aliphatic heterocycles. The van der Waals surface area contributed by atoms with E-state index in [1.165, 1.54) is 6.07 Å². The molecule has 2 heterocycles. The van der Waals surface area contributed by atoms with Crippen molar-refractivity contribution in [3.8, 4) is 11.5 Å². The van der Waals surface area contributed by atoms with Gasteiger partial charge in [0.2, 0.25) is 11.6 Å². The molecular formula is C22H18F3N3O2. The van der Waals surface area contributed by atoms with Crippen LogP contribution in [-0.4, -0.2) is 20.4 Å². The lowest BCUT2D eigenvalue weighted by Gasteiger charge is -2.14. The number of halogens is 3. The van der Waals surface area contributed by atoms with E-state index in [2.05, 4.69) is 10.1 Å². The molecule has 4 aromatic rings. The number of carbonyl (C=O) groups excluding carboxylic acids is 1. The van der Waals surface area contributed by atoms with Crippen molar-refractivity contribution >= 4 is 11.5 Å². The van der Waals surface area contributed by atoms with Gasteiger partial charge in [0.15, 0.2) is 0 Å². The highest BCUT2D eigenvalue weighted by Gasteiger charge is 2.31. The molecule has 0 amide bonds. The first-order valence-electron chi connectivity index (χ1n) is 9.33. The Balaban J connectivity index is 1.48. The SMILES string of the molecule is Cc1ncc2oc(-c3ccc(CC(=O)C(C)c4cccc(C(F)(F)F)c4)cc3)nn12. The molecule has 0 radical (unpaired) electrons. The summed E-state index contributed by atoms with van der Waals surface area (Å²) in [5, 5.41) is 4.36. The Morgan fingerprint density at radius 2 is 1.90 bits per heavy atom. The highest BCUT2D eigenvalue weighted by atomic mass is 19.4. The molecular weight excluding hydrogens is 395 g/mol. The predicted octanol–water partition coefficient (Wildman–Crippen LogP) is 5.23. The largest absolute Gasteiger partial charge is 0.417 e. The minimum atomic E-state index is -4.44. The summed E-state index contributed by atoms with van der Waals surface area (Å²) < 4.78 is 46.0. The zero-order valence-corrected chi connectivity index (χ0v) is 16.3. The van der Waals surface area contributed by atoms with E-state index < -0.39 is 17.7 Å². The summed E-state index contributed by atoms with van der Waals surface area (Å²) in [5.74, 6) is 0.349. The number of ketones is 1. The summed E-state index contributed by atoms with van der Waals surface area (Å²) in [5.41, 5.74) is 1.65. The fraction of sp³-hybridized carbons (Fsp3) is 0.227. The van der Waals surface area contributed by atoms with Crippen LogP contribution in [0, 0.1) is 6.92 Å². The van der Waals surface area contributed by atoms with Crippen LogP contribution >= 0.6 is 0 Å². The lowest BCUT2D eigenvalue weighted by atomic mass is 9.91. The zero-order chi connectivity index (χ0) is 21.5. The smallest absolute Gasteiger partial charge is 0.416 e. The third-order valence-electron chi connectivity index (χ3n) is 5.05. The number of aromatic nitrogens is 3. The number of hydrogen-bond donors (Lipinski definition) is 0. The summed E-state index contributed by atoms with van der Waals surface area (Å²) in [6.07, 6.45) is -2.72. The quantitative estimate of drug-likeness (QED) is 0.449. The average Bonchev–Trinajstić information content (AvgIpc) is 3.29. The number of alkyl halides is 3. The Bertz CT molecular complexity index is 1210. The third kappa shape index (κ3) is 3.85. The molecule has 0 saturated heterocycles. The maximum absolute atomic E-state index is 12.9. The van der Waals surface area contributed by atoms with Crippen molar-refractivity contribution in [1.29, 1.82) is 0 Å². The first-order valence-corrected chi connectivity index (χ1v) is 9.33. The van der Waals surface area contributed by atoms with Crippen molar-refractivity contribution in [3.05, 3.63) is 77.2 Å². The van der Waals surface area contributed by atoms with Crippen molar-refractivity contribution in [2.75, 3.05) is 0 Å². The summed E-state index contributed by atoms with van der Waals surface area (Å²) in [6.45, 7) is 3.44. The Morgan fingerprint density at radius 3 is 2.57 bits per heavy atom. The normalized spacial score (nSPS) is 13.0. The molecule has 30 heavy (non-hydrogen) atoms. The molecule has 1 atom stereocenters. The maximum atomic E-state index is 12.9. The van der Waals surface area contributed by atoms with E-state index in [1.807, 2.05) is 6.92 Å². The van der Waals surface area contributed by atoms with E-state index in [4.69, 9.17) is 4.42 Å². The minimum Gasteiger partial charge on any atom is -0.417 e. The van der Waals surface area contributed by atoms with Crippen molar-refractivity contribution in [3.63, 3.8) is 0 Å². The lowest BCUT2D eigenvalue weighted by Crippen LogP contribution is -2.13. The molecule has 0 aliphatic rings. The van der Waals surface area contributed by atoms with Gasteiger partial charge in [-0.3, -0.25) is 4.79 Å². The van der Waals surface area contributed by atoms with Crippen LogP contribution in [0.15, 0.2) is 59.1 Å². The van der Waals surface area contributed by atoms with E-state index in [9.17, 15) is 18.0 Å². The molecule has 0 N–H and O–H groups in total. The van der Waals surface area contributed by atoms with Gasteiger partial charge in [0.25, 0.3) is 0 Å². The zero-order valence-electron chi connectivity index (χ0n) is 16.3. The van der Waals surface area contributed by atoms with Gasteiger partial charge in [0.05, 0.1) is 11.8 Å². The van der Waals surface area contributed by atoms with Crippen LogP contribution in [0.3, 0.4) is 0 Å². The summed E-state index contributed by atoms with van der Waals surface area (Å²) in [7, 11) is 0. The van der Waals surface area contributed by atoms with Crippen LogP contribution in [0.5, 0.6) is 0 Å². The Kier molecular flexibility index (Phi) is 4.93. The van der Waals surface area contributed by atoms with Crippen LogP contribution in [0.4, 0.5) is 13.2 Å². The van der Waals surface area contributed by atoms with Crippen molar-refractivity contribution in [1.82, 2.24) is 14.6 Å². The summed E-state index contributed by atoms with van der Waals surface area (Å²) in [4.78, 5) is 16.7. The third-order valence-corrected chi connectivity index (χ3v) is 5.05. The molecule has 154 valence electrons. The van der Waals surface area contributed by atoms with Gasteiger partial charge in [0, 0.05) is 17.9 Å². The number of rotatable bonds is 5. The van der Waals surface area contributed by atoms with E-state index >= 15 is 0 Å². The Hall–Kier alpha value is -3.42. The summed E-state index contributed by atoms with van der Waals surface area (Å²) >= 11 is 0. The lowest BCUT2D eigenvalue weighted by molar-refractivity contribution is -0.137. The highest BCUT2D eigenvalue weighted by molar-refractivity contribution is 5.87.